The molecular weight excluding hydrogens is 342 g/mol. The molecule has 0 saturated heterocycles. The van der Waals surface area contributed by atoms with Gasteiger partial charge in [-0.05, 0) is 31.1 Å². The van der Waals surface area contributed by atoms with Gasteiger partial charge >= 0.3 is 0 Å². The Hall–Kier alpha value is -2.18. The molecule has 1 aliphatic carbocycles. The van der Waals surface area contributed by atoms with Gasteiger partial charge in [0.15, 0.2) is 11.2 Å². The molecular formula is C20H29N5O2. The highest BCUT2D eigenvalue weighted by atomic mass is 16.2. The smallest absolute Gasteiger partial charge is 0.282 e. The Morgan fingerprint density at radius 2 is 2.07 bits per heavy atom. The maximum absolute atomic E-state index is 12.8. The van der Waals surface area contributed by atoms with Crippen LogP contribution in [-0.2, 0) is 24.3 Å². The molecule has 2 aromatic heterocycles. The minimum Gasteiger partial charge on any atom is -0.352 e. The van der Waals surface area contributed by atoms with Crippen LogP contribution in [0.2, 0.25) is 0 Å². The Labute approximate surface area is 159 Å². The lowest BCUT2D eigenvalue weighted by molar-refractivity contribution is -0.123. The Kier molecular flexibility index (Phi) is 5.02. The normalized spacial score (nSPS) is 25.8. The van der Waals surface area contributed by atoms with Gasteiger partial charge in [0.25, 0.3) is 5.56 Å². The summed E-state index contributed by atoms with van der Waals surface area (Å²) in [6, 6.07) is 0.192. The minimum absolute atomic E-state index is 0.00156. The third-order valence-corrected chi connectivity index (χ3v) is 6.45. The summed E-state index contributed by atoms with van der Waals surface area (Å²) in [4.78, 5) is 34.4. The van der Waals surface area contributed by atoms with E-state index in [4.69, 9.17) is 0 Å². The summed E-state index contributed by atoms with van der Waals surface area (Å²) < 4.78 is 3.46. The molecule has 2 aliphatic rings. The summed E-state index contributed by atoms with van der Waals surface area (Å²) in [6.45, 7) is 5.31. The molecule has 27 heavy (non-hydrogen) atoms. The molecule has 7 nitrogen and oxygen atoms in total. The molecule has 0 unspecified atom stereocenters. The molecule has 0 spiro atoms. The van der Waals surface area contributed by atoms with Gasteiger partial charge in [0.05, 0.1) is 0 Å². The third-order valence-electron chi connectivity index (χ3n) is 6.45. The summed E-state index contributed by atoms with van der Waals surface area (Å²) in [5.41, 5.74) is 0.825. The zero-order chi connectivity index (χ0) is 19.0. The van der Waals surface area contributed by atoms with Crippen LogP contribution in [0, 0.1) is 11.8 Å². The Bertz CT molecular complexity index is 900. The van der Waals surface area contributed by atoms with Crippen molar-refractivity contribution in [3.63, 3.8) is 0 Å². The van der Waals surface area contributed by atoms with Crippen LogP contribution >= 0.6 is 0 Å². The van der Waals surface area contributed by atoms with Gasteiger partial charge in [-0.15, -0.1) is 0 Å². The standard InChI is InChI=1S/C20H29N5O2/c1-13-7-6-8-15(14(13)2)22-17(26)11-24-12-21-19-18(20(24)27)23-16-9-4-3-5-10-25(16)19/h12-15H,3-11H2,1-2H3,(H,22,26)/t13-,14+,15-/m1/s1. The Balaban J connectivity index is 1.53. The largest absolute Gasteiger partial charge is 0.352 e. The van der Waals surface area contributed by atoms with Crippen LogP contribution < -0.4 is 10.9 Å². The number of amides is 1. The van der Waals surface area contributed by atoms with Gasteiger partial charge in [-0.25, -0.2) is 9.97 Å². The first-order valence-electron chi connectivity index (χ1n) is 10.3. The second-order valence-corrected chi connectivity index (χ2v) is 8.28. The van der Waals surface area contributed by atoms with Gasteiger partial charge in [-0.2, -0.15) is 0 Å². The van der Waals surface area contributed by atoms with E-state index >= 15 is 0 Å². The Morgan fingerprint density at radius 3 is 2.93 bits per heavy atom. The zero-order valence-corrected chi connectivity index (χ0v) is 16.3. The fourth-order valence-corrected chi connectivity index (χ4v) is 4.54. The number of aromatic nitrogens is 4. The number of hydrogen-bond donors (Lipinski definition) is 1. The number of nitrogens with one attached hydrogen (secondary N) is 1. The first-order chi connectivity index (χ1) is 13.0. The molecule has 0 bridgehead atoms. The van der Waals surface area contributed by atoms with Crippen LogP contribution in [0.4, 0.5) is 0 Å². The second-order valence-electron chi connectivity index (χ2n) is 8.28. The van der Waals surface area contributed by atoms with E-state index in [0.717, 1.165) is 44.5 Å². The second kappa shape index (κ2) is 7.44. The number of fused-ring (bicyclic) bond motifs is 3. The molecule has 3 heterocycles. The highest BCUT2D eigenvalue weighted by Gasteiger charge is 2.28. The van der Waals surface area contributed by atoms with Gasteiger partial charge in [0.1, 0.15) is 18.7 Å². The van der Waals surface area contributed by atoms with Gasteiger partial charge in [-0.1, -0.05) is 33.1 Å². The maximum Gasteiger partial charge on any atom is 0.282 e. The highest BCUT2D eigenvalue weighted by molar-refractivity contribution is 5.77. The fourth-order valence-electron chi connectivity index (χ4n) is 4.54. The average molecular weight is 371 g/mol. The number of aryl methyl sites for hydroxylation is 2. The molecule has 1 fully saturated rings. The van der Waals surface area contributed by atoms with Gasteiger partial charge in [-0.3, -0.25) is 14.2 Å². The Morgan fingerprint density at radius 1 is 1.22 bits per heavy atom. The van der Waals surface area contributed by atoms with E-state index in [9.17, 15) is 9.59 Å². The molecule has 2 aromatic rings. The van der Waals surface area contributed by atoms with Crippen molar-refractivity contribution in [3.05, 3.63) is 22.5 Å². The SMILES string of the molecule is C[C@H]1[C@H](C)CCC[C@H]1NC(=O)Cn1cnc2c(nc3n2CCCCC3)c1=O. The predicted molar refractivity (Wildman–Crippen MR) is 103 cm³/mol. The molecule has 0 aromatic carbocycles. The molecule has 1 N–H and O–H groups in total. The van der Waals surface area contributed by atoms with Crippen molar-refractivity contribution >= 4 is 17.1 Å². The lowest BCUT2D eigenvalue weighted by Gasteiger charge is -2.34. The summed E-state index contributed by atoms with van der Waals surface area (Å²) in [7, 11) is 0. The van der Waals surface area contributed by atoms with Crippen molar-refractivity contribution in [3.8, 4) is 0 Å². The molecule has 1 aliphatic heterocycles. The summed E-state index contributed by atoms with van der Waals surface area (Å²) >= 11 is 0. The molecule has 4 rings (SSSR count). The summed E-state index contributed by atoms with van der Waals surface area (Å²) in [5, 5.41) is 3.13. The molecule has 7 heteroatoms. The molecule has 0 radical (unpaired) electrons. The van der Waals surface area contributed by atoms with E-state index in [1.54, 1.807) is 0 Å². The quantitative estimate of drug-likeness (QED) is 0.897. The van der Waals surface area contributed by atoms with Gasteiger partial charge < -0.3 is 9.88 Å². The molecule has 3 atom stereocenters. The number of hydrogen-bond acceptors (Lipinski definition) is 4. The zero-order valence-electron chi connectivity index (χ0n) is 16.3. The molecule has 1 saturated carbocycles. The van der Waals surface area contributed by atoms with Crippen molar-refractivity contribution < 1.29 is 4.79 Å². The minimum atomic E-state index is -0.221. The highest BCUT2D eigenvalue weighted by Crippen LogP contribution is 2.29. The fraction of sp³-hybridized carbons (Fsp3) is 0.700. The van der Waals surface area contributed by atoms with Crippen LogP contribution in [-0.4, -0.2) is 31.1 Å². The van der Waals surface area contributed by atoms with Crippen molar-refractivity contribution in [1.82, 2.24) is 24.4 Å². The predicted octanol–water partition coefficient (Wildman–Crippen LogP) is 2.26. The number of imidazole rings is 1. The third kappa shape index (κ3) is 3.51. The van der Waals surface area contributed by atoms with Crippen molar-refractivity contribution in [1.29, 1.82) is 0 Å². The van der Waals surface area contributed by atoms with Crippen molar-refractivity contribution in [2.75, 3.05) is 0 Å². The number of nitrogens with zero attached hydrogens (tertiary/aromatic N) is 4. The van der Waals surface area contributed by atoms with E-state index < -0.39 is 0 Å². The summed E-state index contributed by atoms with van der Waals surface area (Å²) in [5.74, 6) is 1.90. The van der Waals surface area contributed by atoms with Crippen LogP contribution in [0.3, 0.4) is 0 Å². The van der Waals surface area contributed by atoms with Gasteiger partial charge in [0.2, 0.25) is 5.91 Å². The van der Waals surface area contributed by atoms with E-state index in [1.807, 2.05) is 0 Å². The van der Waals surface area contributed by atoms with Gasteiger partial charge in [0, 0.05) is 19.0 Å². The molecule has 146 valence electrons. The van der Waals surface area contributed by atoms with E-state index in [1.165, 1.54) is 23.7 Å². The topological polar surface area (TPSA) is 81.8 Å². The van der Waals surface area contributed by atoms with E-state index in [2.05, 4.69) is 33.7 Å². The average Bonchev–Trinajstić information content (AvgIpc) is 2.83. The van der Waals surface area contributed by atoms with Crippen LogP contribution in [0.5, 0.6) is 0 Å². The van der Waals surface area contributed by atoms with Crippen LogP contribution in [0.25, 0.3) is 11.2 Å². The number of rotatable bonds is 3. The van der Waals surface area contributed by atoms with Crippen LogP contribution in [0.15, 0.2) is 11.1 Å². The van der Waals surface area contributed by atoms with Crippen molar-refractivity contribution in [2.45, 2.75) is 77.9 Å². The van der Waals surface area contributed by atoms with Crippen molar-refractivity contribution in [2.24, 2.45) is 11.8 Å². The first kappa shape index (κ1) is 18.2. The lowest BCUT2D eigenvalue weighted by Crippen LogP contribution is -2.45. The first-order valence-corrected chi connectivity index (χ1v) is 10.3. The lowest BCUT2D eigenvalue weighted by atomic mass is 9.78. The monoisotopic (exact) mass is 371 g/mol. The maximum atomic E-state index is 12.8. The number of carbonyl (C=O) groups excluding carboxylic acids is 1. The number of carbonyl (C=O) groups is 1. The summed E-state index contributed by atoms with van der Waals surface area (Å²) in [6.07, 6.45) is 9.12. The van der Waals surface area contributed by atoms with E-state index in [0.29, 0.717) is 23.0 Å². The van der Waals surface area contributed by atoms with Crippen LogP contribution in [0.1, 0.15) is 58.2 Å². The molecule has 1 amide bonds. The van der Waals surface area contributed by atoms with E-state index in [-0.39, 0.29) is 24.1 Å².